The van der Waals surface area contributed by atoms with Crippen molar-refractivity contribution in [1.82, 2.24) is 4.57 Å². The van der Waals surface area contributed by atoms with Gasteiger partial charge in [0.15, 0.2) is 9.84 Å². The number of sulfone groups is 1. The maximum Gasteiger partial charge on any atom is 0.152 e. The summed E-state index contributed by atoms with van der Waals surface area (Å²) in [6, 6.07) is 0. The van der Waals surface area contributed by atoms with E-state index in [0.29, 0.717) is 13.0 Å². The predicted molar refractivity (Wildman–Crippen MR) is 71.3 cm³/mol. The molecule has 0 bridgehead atoms. The number of hydrogen-bond donors (Lipinski definition) is 1. The van der Waals surface area contributed by atoms with Crippen molar-refractivity contribution >= 4 is 9.84 Å². The Labute approximate surface area is 109 Å². The van der Waals surface area contributed by atoms with Crippen LogP contribution in [0.15, 0.2) is 12.4 Å². The van der Waals surface area contributed by atoms with Gasteiger partial charge in [0, 0.05) is 30.3 Å². The van der Waals surface area contributed by atoms with E-state index >= 15 is 0 Å². The maximum atomic E-state index is 11.6. The van der Waals surface area contributed by atoms with Gasteiger partial charge in [0.1, 0.15) is 0 Å². The molecule has 4 nitrogen and oxygen atoms in total. The third-order valence-electron chi connectivity index (χ3n) is 3.46. The Bertz CT molecular complexity index is 504. The van der Waals surface area contributed by atoms with E-state index in [0.717, 1.165) is 24.8 Å². The lowest BCUT2D eigenvalue weighted by Gasteiger charge is -2.16. The van der Waals surface area contributed by atoms with Crippen molar-refractivity contribution in [2.24, 2.45) is 0 Å². The van der Waals surface area contributed by atoms with Crippen LogP contribution in [0, 0.1) is 0 Å². The van der Waals surface area contributed by atoms with Crippen LogP contribution in [0.2, 0.25) is 0 Å². The molecule has 0 saturated heterocycles. The fourth-order valence-corrected chi connectivity index (χ4v) is 3.83. The van der Waals surface area contributed by atoms with Gasteiger partial charge in [-0.1, -0.05) is 6.92 Å². The predicted octanol–water partition coefficient (Wildman–Crippen LogP) is 1.68. The highest BCUT2D eigenvalue weighted by atomic mass is 32.2. The second-order valence-corrected chi connectivity index (χ2v) is 7.34. The molecule has 0 saturated carbocycles. The molecule has 1 N–H and O–H groups in total. The normalized spacial score (nSPS) is 19.8. The molecule has 1 aromatic rings. The Morgan fingerprint density at radius 2 is 2.17 bits per heavy atom. The molecule has 1 atom stereocenters. The smallest absolute Gasteiger partial charge is 0.152 e. The van der Waals surface area contributed by atoms with Crippen molar-refractivity contribution in [2.75, 3.05) is 11.5 Å². The average Bonchev–Trinajstić information content (AvgIpc) is 2.71. The molecular weight excluding hydrogens is 250 g/mol. The third-order valence-corrected chi connectivity index (χ3v) is 5.29. The molecule has 102 valence electrons. The Balaban J connectivity index is 2.03. The van der Waals surface area contributed by atoms with E-state index < -0.39 is 9.84 Å². The second kappa shape index (κ2) is 5.45. The molecular formula is C13H21NO3S. The van der Waals surface area contributed by atoms with Gasteiger partial charge < -0.3 is 9.67 Å². The van der Waals surface area contributed by atoms with Gasteiger partial charge in [-0.3, -0.25) is 0 Å². The molecule has 18 heavy (non-hydrogen) atoms. The van der Waals surface area contributed by atoms with Crippen LogP contribution in [0.5, 0.6) is 0 Å². The molecule has 1 heterocycles. The lowest BCUT2D eigenvalue weighted by Crippen LogP contribution is -2.15. The number of aryl methyl sites for hydroxylation is 2. The van der Waals surface area contributed by atoms with Crippen LogP contribution in [0.4, 0.5) is 0 Å². The first-order valence-electron chi connectivity index (χ1n) is 6.59. The fraction of sp³-hybridized carbons (Fsp3) is 0.692. The van der Waals surface area contributed by atoms with Crippen LogP contribution in [-0.2, 0) is 22.8 Å². The zero-order chi connectivity index (χ0) is 13.2. The lowest BCUT2D eigenvalue weighted by molar-refractivity contribution is 0.157. The first-order chi connectivity index (χ1) is 8.52. The van der Waals surface area contributed by atoms with Crippen molar-refractivity contribution in [1.29, 1.82) is 0 Å². The van der Waals surface area contributed by atoms with Gasteiger partial charge >= 0.3 is 0 Å². The highest BCUT2D eigenvalue weighted by Crippen LogP contribution is 2.30. The zero-order valence-corrected chi connectivity index (χ0v) is 11.6. The first-order valence-corrected chi connectivity index (χ1v) is 8.41. The van der Waals surface area contributed by atoms with Crippen LogP contribution in [0.1, 0.15) is 43.4 Å². The van der Waals surface area contributed by atoms with Crippen molar-refractivity contribution in [3.8, 4) is 0 Å². The van der Waals surface area contributed by atoms with E-state index in [9.17, 15) is 13.5 Å². The quantitative estimate of drug-likeness (QED) is 0.886. The minimum absolute atomic E-state index is 0.185. The monoisotopic (exact) mass is 271 g/mol. The van der Waals surface area contributed by atoms with Crippen molar-refractivity contribution in [3.63, 3.8) is 0 Å². The molecule has 1 aliphatic rings. The zero-order valence-electron chi connectivity index (χ0n) is 10.8. The standard InChI is InChI=1S/C13H21NO3S/c1-2-7-18(16,17)8-6-14-9-11-4-3-5-13(15)12(11)10-14/h9-10,13,15H,2-8H2,1H3. The van der Waals surface area contributed by atoms with Gasteiger partial charge in [-0.2, -0.15) is 0 Å². The molecule has 0 fully saturated rings. The van der Waals surface area contributed by atoms with E-state index in [1.807, 2.05) is 23.9 Å². The number of hydrogen-bond acceptors (Lipinski definition) is 3. The van der Waals surface area contributed by atoms with E-state index in [-0.39, 0.29) is 17.6 Å². The Morgan fingerprint density at radius 1 is 1.39 bits per heavy atom. The summed E-state index contributed by atoms with van der Waals surface area (Å²) in [5.74, 6) is 0.446. The molecule has 1 unspecified atom stereocenters. The van der Waals surface area contributed by atoms with E-state index in [4.69, 9.17) is 0 Å². The molecule has 2 rings (SSSR count). The number of fused-ring (bicyclic) bond motifs is 1. The average molecular weight is 271 g/mol. The van der Waals surface area contributed by atoms with Crippen LogP contribution in [0.25, 0.3) is 0 Å². The summed E-state index contributed by atoms with van der Waals surface area (Å²) in [7, 11) is -2.93. The number of rotatable bonds is 5. The molecule has 0 spiro atoms. The van der Waals surface area contributed by atoms with Crippen LogP contribution >= 0.6 is 0 Å². The second-order valence-electron chi connectivity index (χ2n) is 5.04. The summed E-state index contributed by atoms with van der Waals surface area (Å²) >= 11 is 0. The largest absolute Gasteiger partial charge is 0.388 e. The van der Waals surface area contributed by atoms with Crippen molar-refractivity contribution in [2.45, 2.75) is 45.3 Å². The summed E-state index contributed by atoms with van der Waals surface area (Å²) in [6.07, 6.45) is 6.99. The van der Waals surface area contributed by atoms with Crippen molar-refractivity contribution < 1.29 is 13.5 Å². The molecule has 0 aromatic carbocycles. The highest BCUT2D eigenvalue weighted by Gasteiger charge is 2.20. The summed E-state index contributed by atoms with van der Waals surface area (Å²) in [6.45, 7) is 2.37. The van der Waals surface area contributed by atoms with Gasteiger partial charge in [0.05, 0.1) is 11.9 Å². The van der Waals surface area contributed by atoms with Gasteiger partial charge in [-0.15, -0.1) is 0 Å². The van der Waals surface area contributed by atoms with E-state index in [1.165, 1.54) is 5.56 Å². The lowest BCUT2D eigenvalue weighted by atomic mass is 9.93. The Hall–Kier alpha value is -0.810. The van der Waals surface area contributed by atoms with Gasteiger partial charge in [0.25, 0.3) is 0 Å². The van der Waals surface area contributed by atoms with E-state index in [1.54, 1.807) is 0 Å². The number of aliphatic hydroxyl groups excluding tert-OH is 1. The number of aromatic nitrogens is 1. The highest BCUT2D eigenvalue weighted by molar-refractivity contribution is 7.91. The van der Waals surface area contributed by atoms with Gasteiger partial charge in [-0.25, -0.2) is 8.42 Å². The van der Waals surface area contributed by atoms with E-state index in [2.05, 4.69) is 0 Å². The summed E-state index contributed by atoms with van der Waals surface area (Å²) in [4.78, 5) is 0. The Morgan fingerprint density at radius 3 is 2.83 bits per heavy atom. The number of aliphatic hydroxyl groups is 1. The molecule has 5 heteroatoms. The molecule has 0 radical (unpaired) electrons. The summed E-state index contributed by atoms with van der Waals surface area (Å²) in [5.41, 5.74) is 2.15. The Kier molecular flexibility index (Phi) is 4.12. The molecule has 0 amide bonds. The summed E-state index contributed by atoms with van der Waals surface area (Å²) < 4.78 is 25.2. The first kappa shape index (κ1) is 13.6. The van der Waals surface area contributed by atoms with Gasteiger partial charge in [-0.05, 0) is 31.2 Å². The fourth-order valence-electron chi connectivity index (χ4n) is 2.51. The van der Waals surface area contributed by atoms with Crippen LogP contribution in [-0.4, -0.2) is 29.6 Å². The van der Waals surface area contributed by atoms with Crippen LogP contribution in [0.3, 0.4) is 0 Å². The topological polar surface area (TPSA) is 59.3 Å². The molecule has 0 aliphatic heterocycles. The number of nitrogens with zero attached hydrogens (tertiary/aromatic N) is 1. The summed E-state index contributed by atoms with van der Waals surface area (Å²) in [5, 5.41) is 9.86. The van der Waals surface area contributed by atoms with Crippen molar-refractivity contribution in [3.05, 3.63) is 23.5 Å². The minimum atomic E-state index is -2.93. The minimum Gasteiger partial charge on any atom is -0.388 e. The molecule has 1 aromatic heterocycles. The third kappa shape index (κ3) is 3.14. The van der Waals surface area contributed by atoms with Crippen LogP contribution < -0.4 is 0 Å². The SMILES string of the molecule is CCCS(=O)(=O)CCn1cc2c(c1)C(O)CCC2. The van der Waals surface area contributed by atoms with Gasteiger partial charge in [0.2, 0.25) is 0 Å². The maximum absolute atomic E-state index is 11.6. The molecule has 1 aliphatic carbocycles.